The number of aromatic amines is 1. The Morgan fingerprint density at radius 3 is 3.23 bits per heavy atom. The molecule has 1 aromatic rings. The number of H-pyrrole nitrogens is 1. The Hall–Kier alpha value is -0.830. The molecular formula is C10H17N3. The average Bonchev–Trinajstić information content (AvgIpc) is 2.61. The van der Waals surface area contributed by atoms with Gasteiger partial charge in [-0.3, -0.25) is 0 Å². The minimum absolute atomic E-state index is 0.789. The van der Waals surface area contributed by atoms with E-state index in [1.807, 2.05) is 6.20 Å². The van der Waals surface area contributed by atoms with Crippen LogP contribution in [0.3, 0.4) is 0 Å². The summed E-state index contributed by atoms with van der Waals surface area (Å²) in [5, 5.41) is 3.42. The van der Waals surface area contributed by atoms with Crippen LogP contribution in [0.5, 0.6) is 0 Å². The van der Waals surface area contributed by atoms with Gasteiger partial charge < -0.3 is 10.3 Å². The van der Waals surface area contributed by atoms with Crippen LogP contribution in [0.4, 0.5) is 0 Å². The minimum Gasteiger partial charge on any atom is -0.348 e. The van der Waals surface area contributed by atoms with Crippen LogP contribution in [0.25, 0.3) is 0 Å². The molecule has 1 aromatic heterocycles. The monoisotopic (exact) mass is 179 g/mol. The summed E-state index contributed by atoms with van der Waals surface area (Å²) in [5.41, 5.74) is 1.28. The lowest BCUT2D eigenvalue weighted by atomic mass is 9.85. The Labute approximate surface area is 79.0 Å². The second-order valence-electron chi connectivity index (χ2n) is 4.01. The van der Waals surface area contributed by atoms with Gasteiger partial charge in [-0.15, -0.1) is 0 Å². The van der Waals surface area contributed by atoms with Crippen LogP contribution in [0.15, 0.2) is 12.5 Å². The number of hydrogen-bond acceptors (Lipinski definition) is 2. The van der Waals surface area contributed by atoms with Crippen LogP contribution < -0.4 is 5.32 Å². The summed E-state index contributed by atoms with van der Waals surface area (Å²) in [7, 11) is 0. The summed E-state index contributed by atoms with van der Waals surface area (Å²) in [4.78, 5) is 7.22. The molecule has 1 saturated heterocycles. The third-order valence-corrected chi connectivity index (χ3v) is 3.00. The van der Waals surface area contributed by atoms with Crippen LogP contribution in [-0.2, 0) is 6.42 Å². The topological polar surface area (TPSA) is 40.7 Å². The second-order valence-corrected chi connectivity index (χ2v) is 4.01. The van der Waals surface area contributed by atoms with Gasteiger partial charge in [0, 0.05) is 11.9 Å². The van der Waals surface area contributed by atoms with Gasteiger partial charge in [0.1, 0.15) is 0 Å². The van der Waals surface area contributed by atoms with E-state index >= 15 is 0 Å². The van der Waals surface area contributed by atoms with E-state index in [1.165, 1.54) is 25.2 Å². The predicted octanol–water partition coefficient (Wildman–Crippen LogP) is 1.20. The number of imidazole rings is 1. The Morgan fingerprint density at radius 1 is 1.62 bits per heavy atom. The van der Waals surface area contributed by atoms with E-state index in [9.17, 15) is 0 Å². The maximum absolute atomic E-state index is 4.04. The largest absolute Gasteiger partial charge is 0.348 e. The summed E-state index contributed by atoms with van der Waals surface area (Å²) >= 11 is 0. The van der Waals surface area contributed by atoms with Crippen LogP contribution in [0.2, 0.25) is 0 Å². The van der Waals surface area contributed by atoms with Crippen LogP contribution in [-0.4, -0.2) is 23.1 Å². The first-order valence-corrected chi connectivity index (χ1v) is 5.04. The highest BCUT2D eigenvalue weighted by Gasteiger charge is 2.21. The zero-order valence-electron chi connectivity index (χ0n) is 8.09. The minimum atomic E-state index is 0.789. The average molecular weight is 179 g/mol. The first-order chi connectivity index (χ1) is 6.36. The van der Waals surface area contributed by atoms with Gasteiger partial charge in [-0.05, 0) is 37.8 Å². The maximum atomic E-state index is 4.04. The summed E-state index contributed by atoms with van der Waals surface area (Å²) in [6, 6.07) is 0. The van der Waals surface area contributed by atoms with Crippen molar-refractivity contribution in [3.63, 3.8) is 0 Å². The third-order valence-electron chi connectivity index (χ3n) is 3.00. The molecule has 2 unspecified atom stereocenters. The van der Waals surface area contributed by atoms with Crippen molar-refractivity contribution < 1.29 is 0 Å². The van der Waals surface area contributed by atoms with E-state index in [0.29, 0.717) is 0 Å². The molecule has 0 radical (unpaired) electrons. The van der Waals surface area contributed by atoms with Crippen molar-refractivity contribution in [3.8, 4) is 0 Å². The van der Waals surface area contributed by atoms with E-state index in [0.717, 1.165) is 18.3 Å². The highest BCUT2D eigenvalue weighted by atomic mass is 14.9. The molecule has 1 aliphatic rings. The molecule has 3 heteroatoms. The molecule has 2 rings (SSSR count). The number of rotatable bonds is 2. The first-order valence-electron chi connectivity index (χ1n) is 5.04. The fourth-order valence-corrected chi connectivity index (χ4v) is 2.05. The van der Waals surface area contributed by atoms with E-state index < -0.39 is 0 Å². The number of nitrogens with one attached hydrogen (secondary N) is 2. The fraction of sp³-hybridized carbons (Fsp3) is 0.700. The molecule has 2 atom stereocenters. The van der Waals surface area contributed by atoms with E-state index in [1.54, 1.807) is 6.33 Å². The number of hydrogen-bond donors (Lipinski definition) is 2. The molecule has 0 spiro atoms. The molecule has 0 aromatic carbocycles. The van der Waals surface area contributed by atoms with Gasteiger partial charge in [-0.25, -0.2) is 4.98 Å². The highest BCUT2D eigenvalue weighted by molar-refractivity contribution is 4.97. The van der Waals surface area contributed by atoms with Crippen molar-refractivity contribution in [2.45, 2.75) is 19.8 Å². The lowest BCUT2D eigenvalue weighted by molar-refractivity contribution is 0.270. The van der Waals surface area contributed by atoms with Crippen molar-refractivity contribution in [2.75, 3.05) is 13.1 Å². The van der Waals surface area contributed by atoms with Crippen LogP contribution in [0, 0.1) is 11.8 Å². The van der Waals surface area contributed by atoms with Crippen molar-refractivity contribution in [1.29, 1.82) is 0 Å². The van der Waals surface area contributed by atoms with Crippen LogP contribution in [0.1, 0.15) is 19.0 Å². The molecule has 72 valence electrons. The molecule has 0 saturated carbocycles. The van der Waals surface area contributed by atoms with Gasteiger partial charge in [-0.2, -0.15) is 0 Å². The van der Waals surface area contributed by atoms with E-state index in [4.69, 9.17) is 0 Å². The van der Waals surface area contributed by atoms with Gasteiger partial charge >= 0.3 is 0 Å². The standard InChI is InChI=1S/C10H17N3/c1-8-5-11-3-2-9(8)4-10-6-12-7-13-10/h6-9,11H,2-5H2,1H3,(H,12,13). The Morgan fingerprint density at radius 2 is 2.54 bits per heavy atom. The molecule has 0 aliphatic carbocycles. The zero-order valence-corrected chi connectivity index (χ0v) is 8.09. The highest BCUT2D eigenvalue weighted by Crippen LogP contribution is 2.21. The molecule has 0 amide bonds. The van der Waals surface area contributed by atoms with Gasteiger partial charge in [0.05, 0.1) is 6.33 Å². The lowest BCUT2D eigenvalue weighted by Crippen LogP contribution is -2.35. The Kier molecular flexibility index (Phi) is 2.64. The molecule has 3 nitrogen and oxygen atoms in total. The SMILES string of the molecule is CC1CNCCC1Cc1cnc[nH]1. The fourth-order valence-electron chi connectivity index (χ4n) is 2.05. The van der Waals surface area contributed by atoms with Gasteiger partial charge in [0.2, 0.25) is 0 Å². The normalized spacial score (nSPS) is 29.0. The number of nitrogens with zero attached hydrogens (tertiary/aromatic N) is 1. The molecule has 0 bridgehead atoms. The number of aromatic nitrogens is 2. The summed E-state index contributed by atoms with van der Waals surface area (Å²) in [6.07, 6.45) is 6.15. The van der Waals surface area contributed by atoms with Crippen LogP contribution >= 0.6 is 0 Å². The molecule has 13 heavy (non-hydrogen) atoms. The third kappa shape index (κ3) is 2.10. The molecule has 1 aliphatic heterocycles. The van der Waals surface area contributed by atoms with E-state index in [-0.39, 0.29) is 0 Å². The molecule has 2 heterocycles. The molecule has 1 fully saturated rings. The summed E-state index contributed by atoms with van der Waals surface area (Å²) in [5.74, 6) is 1.61. The Bertz CT molecular complexity index is 243. The zero-order chi connectivity index (χ0) is 9.10. The quantitative estimate of drug-likeness (QED) is 0.716. The van der Waals surface area contributed by atoms with Crippen molar-refractivity contribution in [2.24, 2.45) is 11.8 Å². The predicted molar refractivity (Wildman–Crippen MR) is 52.4 cm³/mol. The molecular weight excluding hydrogens is 162 g/mol. The van der Waals surface area contributed by atoms with E-state index in [2.05, 4.69) is 22.2 Å². The van der Waals surface area contributed by atoms with Crippen molar-refractivity contribution in [1.82, 2.24) is 15.3 Å². The summed E-state index contributed by atoms with van der Waals surface area (Å²) in [6.45, 7) is 4.66. The van der Waals surface area contributed by atoms with Gasteiger partial charge in [0.25, 0.3) is 0 Å². The Balaban J connectivity index is 1.93. The smallest absolute Gasteiger partial charge is 0.0921 e. The number of piperidine rings is 1. The second kappa shape index (κ2) is 3.92. The summed E-state index contributed by atoms with van der Waals surface area (Å²) < 4.78 is 0. The van der Waals surface area contributed by atoms with Crippen molar-refractivity contribution in [3.05, 3.63) is 18.2 Å². The lowest BCUT2D eigenvalue weighted by Gasteiger charge is -2.29. The first kappa shape index (κ1) is 8.75. The van der Waals surface area contributed by atoms with Crippen molar-refractivity contribution >= 4 is 0 Å². The maximum Gasteiger partial charge on any atom is 0.0921 e. The van der Waals surface area contributed by atoms with Gasteiger partial charge in [0.15, 0.2) is 0 Å². The van der Waals surface area contributed by atoms with Gasteiger partial charge in [-0.1, -0.05) is 6.92 Å². The molecule has 2 N–H and O–H groups in total.